The molecule has 1 saturated carbocycles. The monoisotopic (exact) mass is 346 g/mol. The van der Waals surface area contributed by atoms with Crippen LogP contribution in [0.25, 0.3) is 0 Å². The van der Waals surface area contributed by atoms with Crippen LogP contribution in [0.2, 0.25) is 0 Å². The van der Waals surface area contributed by atoms with Gasteiger partial charge in [-0.3, -0.25) is 9.59 Å². The number of ether oxygens (including phenoxy) is 1. The van der Waals surface area contributed by atoms with Gasteiger partial charge in [0, 0.05) is 11.8 Å². The molecule has 3 aliphatic carbocycles. The number of hydrogen-bond acceptors (Lipinski definition) is 3. The first-order valence-electron chi connectivity index (χ1n) is 10.4. The van der Waals surface area contributed by atoms with E-state index in [-0.39, 0.29) is 46.4 Å². The van der Waals surface area contributed by atoms with E-state index < -0.39 is 0 Å². The van der Waals surface area contributed by atoms with Crippen LogP contribution in [0.5, 0.6) is 0 Å². The Hall–Kier alpha value is -1.12. The lowest BCUT2D eigenvalue weighted by Crippen LogP contribution is -2.65. The van der Waals surface area contributed by atoms with E-state index in [1.807, 2.05) is 0 Å². The summed E-state index contributed by atoms with van der Waals surface area (Å²) in [5.41, 5.74) is 3.13. The molecule has 0 N–H and O–H groups in total. The summed E-state index contributed by atoms with van der Waals surface area (Å²) < 4.78 is 5.23. The van der Waals surface area contributed by atoms with E-state index in [2.05, 4.69) is 41.5 Å². The topological polar surface area (TPSA) is 43.4 Å². The zero-order chi connectivity index (χ0) is 18.6. The van der Waals surface area contributed by atoms with Crippen LogP contribution < -0.4 is 0 Å². The van der Waals surface area contributed by atoms with Gasteiger partial charge in [0.25, 0.3) is 0 Å². The van der Waals surface area contributed by atoms with Gasteiger partial charge in [0.1, 0.15) is 0 Å². The second-order valence-electron chi connectivity index (χ2n) is 8.23. The van der Waals surface area contributed by atoms with Crippen LogP contribution in [0.3, 0.4) is 0 Å². The molecule has 3 nitrogen and oxygen atoms in total. The highest BCUT2D eigenvalue weighted by Gasteiger charge is 2.73. The smallest absolute Gasteiger partial charge is 0.318 e. The molecule has 25 heavy (non-hydrogen) atoms. The minimum Gasteiger partial charge on any atom is -0.393 e. The lowest BCUT2D eigenvalue weighted by atomic mass is 9.34. The summed E-state index contributed by atoms with van der Waals surface area (Å²) in [7, 11) is 0. The van der Waals surface area contributed by atoms with Crippen molar-refractivity contribution >= 4 is 11.9 Å². The molecule has 2 bridgehead atoms. The quantitative estimate of drug-likeness (QED) is 0.373. The number of carbonyl (C=O) groups is 2. The van der Waals surface area contributed by atoms with Gasteiger partial charge in [0.15, 0.2) is 0 Å². The number of allylic oxidation sites excluding steroid dienone is 2. The molecule has 0 aromatic heterocycles. The SMILES string of the molecule is CCC1=C(CC)C2C3C(=O)OC(=O)C3C1C(CC)(CC)C2(CC)CC. The van der Waals surface area contributed by atoms with E-state index >= 15 is 0 Å². The van der Waals surface area contributed by atoms with Gasteiger partial charge >= 0.3 is 11.9 Å². The third-order valence-corrected chi connectivity index (χ3v) is 8.48. The maximum atomic E-state index is 12.7. The normalized spacial score (nSPS) is 35.1. The third-order valence-electron chi connectivity index (χ3n) is 8.48. The Bertz CT molecular complexity index is 555. The van der Waals surface area contributed by atoms with Crippen LogP contribution in [-0.4, -0.2) is 11.9 Å². The van der Waals surface area contributed by atoms with Crippen LogP contribution in [0.1, 0.15) is 80.1 Å². The van der Waals surface area contributed by atoms with Gasteiger partial charge < -0.3 is 4.74 Å². The summed E-state index contributed by atoms with van der Waals surface area (Å²) in [4.78, 5) is 25.4. The van der Waals surface area contributed by atoms with Crippen LogP contribution in [0.4, 0.5) is 0 Å². The molecule has 1 heterocycles. The molecule has 1 aliphatic heterocycles. The first-order valence-corrected chi connectivity index (χ1v) is 10.4. The van der Waals surface area contributed by atoms with Gasteiger partial charge in [0.05, 0.1) is 11.8 Å². The molecule has 4 rings (SSSR count). The second-order valence-corrected chi connectivity index (χ2v) is 8.23. The summed E-state index contributed by atoms with van der Waals surface area (Å²) in [5.74, 6) is -0.633. The van der Waals surface area contributed by atoms with Crippen molar-refractivity contribution in [1.29, 1.82) is 0 Å². The summed E-state index contributed by atoms with van der Waals surface area (Å²) >= 11 is 0. The molecular formula is C22H34O3. The predicted molar refractivity (Wildman–Crippen MR) is 98.7 cm³/mol. The zero-order valence-electron chi connectivity index (χ0n) is 16.8. The van der Waals surface area contributed by atoms with Crippen molar-refractivity contribution in [2.75, 3.05) is 0 Å². The molecule has 0 spiro atoms. The molecule has 2 fully saturated rings. The Morgan fingerprint density at radius 2 is 1.00 bits per heavy atom. The first-order chi connectivity index (χ1) is 11.9. The Labute approximate surface area is 152 Å². The van der Waals surface area contributed by atoms with E-state index in [9.17, 15) is 9.59 Å². The number of rotatable bonds is 6. The second kappa shape index (κ2) is 6.25. The number of esters is 2. The molecule has 4 aliphatic rings. The first kappa shape index (κ1) is 18.7. The fourth-order valence-corrected chi connectivity index (χ4v) is 7.70. The van der Waals surface area contributed by atoms with Crippen LogP contribution in [0, 0.1) is 34.5 Å². The molecule has 0 amide bonds. The number of hydrogen-bond donors (Lipinski definition) is 0. The Kier molecular flexibility index (Phi) is 4.66. The van der Waals surface area contributed by atoms with Crippen molar-refractivity contribution in [2.45, 2.75) is 80.1 Å². The van der Waals surface area contributed by atoms with Crippen molar-refractivity contribution in [1.82, 2.24) is 0 Å². The fourth-order valence-electron chi connectivity index (χ4n) is 7.70. The minimum atomic E-state index is -0.252. The van der Waals surface area contributed by atoms with Gasteiger partial charge in [-0.25, -0.2) is 0 Å². The Morgan fingerprint density at radius 3 is 1.24 bits per heavy atom. The van der Waals surface area contributed by atoms with E-state index in [0.717, 1.165) is 38.5 Å². The Balaban J connectivity index is 2.38. The van der Waals surface area contributed by atoms with Crippen molar-refractivity contribution in [2.24, 2.45) is 34.5 Å². The Morgan fingerprint density at radius 1 is 0.680 bits per heavy atom. The molecule has 0 aromatic carbocycles. The average Bonchev–Trinajstić information content (AvgIpc) is 2.94. The molecule has 0 aromatic rings. The van der Waals surface area contributed by atoms with E-state index in [4.69, 9.17) is 4.74 Å². The molecule has 0 radical (unpaired) electrons. The summed E-state index contributed by atoms with van der Waals surface area (Å²) in [5, 5.41) is 0. The number of cyclic esters (lactones) is 2. The van der Waals surface area contributed by atoms with Gasteiger partial charge in [-0.15, -0.1) is 0 Å². The van der Waals surface area contributed by atoms with Crippen molar-refractivity contribution in [3.63, 3.8) is 0 Å². The molecule has 4 atom stereocenters. The lowest BCUT2D eigenvalue weighted by molar-refractivity contribution is -0.172. The highest BCUT2D eigenvalue weighted by Crippen LogP contribution is 2.74. The zero-order valence-corrected chi connectivity index (χ0v) is 16.8. The summed E-state index contributed by atoms with van der Waals surface area (Å²) in [6.45, 7) is 13.6. The van der Waals surface area contributed by atoms with Crippen molar-refractivity contribution in [3.05, 3.63) is 11.1 Å². The standard InChI is InChI=1S/C22H34O3/c1-7-13-14(8-2)18-16-15(19(23)25-20(16)24)17(13)21(9-3,10-4)22(18,11-5)12-6/h15-18H,7-12H2,1-6H3. The predicted octanol–water partition coefficient (Wildman–Crippen LogP) is 5.29. The van der Waals surface area contributed by atoms with Crippen LogP contribution >= 0.6 is 0 Å². The summed E-state index contributed by atoms with van der Waals surface area (Å²) in [6.07, 6.45) is 6.24. The van der Waals surface area contributed by atoms with E-state index in [1.165, 1.54) is 11.1 Å². The van der Waals surface area contributed by atoms with Crippen molar-refractivity contribution in [3.8, 4) is 0 Å². The molecule has 3 heteroatoms. The fraction of sp³-hybridized carbons (Fsp3) is 0.818. The highest BCUT2D eigenvalue weighted by molar-refractivity contribution is 5.98. The largest absolute Gasteiger partial charge is 0.393 e. The van der Waals surface area contributed by atoms with Crippen LogP contribution in [-0.2, 0) is 14.3 Å². The third kappa shape index (κ3) is 1.93. The maximum Gasteiger partial charge on any atom is 0.318 e. The van der Waals surface area contributed by atoms with Crippen LogP contribution in [0.15, 0.2) is 11.1 Å². The van der Waals surface area contributed by atoms with Gasteiger partial charge in [0.2, 0.25) is 0 Å². The molecular weight excluding hydrogens is 312 g/mol. The lowest BCUT2D eigenvalue weighted by Gasteiger charge is -2.68. The molecule has 140 valence electrons. The minimum absolute atomic E-state index is 0.0932. The van der Waals surface area contributed by atoms with Crippen molar-refractivity contribution < 1.29 is 14.3 Å². The average molecular weight is 347 g/mol. The number of fused-ring (bicyclic) bond motifs is 1. The molecule has 4 unspecified atom stereocenters. The highest BCUT2D eigenvalue weighted by atomic mass is 16.6. The maximum absolute atomic E-state index is 12.7. The van der Waals surface area contributed by atoms with Gasteiger partial charge in [-0.05, 0) is 49.4 Å². The molecule has 1 saturated heterocycles. The summed E-state index contributed by atoms with van der Waals surface area (Å²) in [6, 6.07) is 0. The number of carbonyl (C=O) groups excluding carboxylic acids is 2. The van der Waals surface area contributed by atoms with Gasteiger partial charge in [-0.1, -0.05) is 52.7 Å². The van der Waals surface area contributed by atoms with E-state index in [0.29, 0.717) is 0 Å². The van der Waals surface area contributed by atoms with E-state index in [1.54, 1.807) is 0 Å². The van der Waals surface area contributed by atoms with Gasteiger partial charge in [-0.2, -0.15) is 0 Å².